The Morgan fingerprint density at radius 2 is 1.87 bits per heavy atom. The third kappa shape index (κ3) is 3.89. The molecule has 0 N–H and O–H groups in total. The predicted molar refractivity (Wildman–Crippen MR) is 96.7 cm³/mol. The van der Waals surface area contributed by atoms with Crippen LogP contribution in [0.2, 0.25) is 0 Å². The Labute approximate surface area is 147 Å². The van der Waals surface area contributed by atoms with Crippen molar-refractivity contribution >= 4 is 27.7 Å². The van der Waals surface area contributed by atoms with Crippen molar-refractivity contribution in [3.8, 4) is 5.69 Å². The van der Waals surface area contributed by atoms with E-state index in [2.05, 4.69) is 50.2 Å². The van der Waals surface area contributed by atoms with E-state index in [-0.39, 0.29) is 5.25 Å². The van der Waals surface area contributed by atoms with Gasteiger partial charge in [0.25, 0.3) is 0 Å². The van der Waals surface area contributed by atoms with E-state index in [0.717, 1.165) is 21.7 Å². The maximum Gasteiger partial charge on any atom is 0.214 e. The molecule has 0 bridgehead atoms. The van der Waals surface area contributed by atoms with Crippen LogP contribution in [0.25, 0.3) is 5.69 Å². The average molecular weight is 387 g/mol. The Hall–Kier alpha value is -1.92. The van der Waals surface area contributed by atoms with E-state index in [0.29, 0.717) is 0 Å². The number of tetrazole rings is 1. The smallest absolute Gasteiger partial charge is 0.187 e. The number of allylic oxidation sites excluding steroid dienone is 1. The van der Waals surface area contributed by atoms with Gasteiger partial charge in [0.1, 0.15) is 0 Å². The minimum atomic E-state index is 0.230. The number of rotatable bonds is 6. The average Bonchev–Trinajstić information content (AvgIpc) is 3.04. The van der Waals surface area contributed by atoms with Crippen LogP contribution in [-0.2, 0) is 0 Å². The molecule has 3 rings (SSSR count). The second-order valence-corrected chi connectivity index (χ2v) is 6.98. The minimum Gasteiger partial charge on any atom is -0.187 e. The van der Waals surface area contributed by atoms with Gasteiger partial charge in [0, 0.05) is 9.72 Å². The van der Waals surface area contributed by atoms with Crippen LogP contribution < -0.4 is 0 Å². The molecule has 2 aromatic carbocycles. The maximum absolute atomic E-state index is 4.18. The van der Waals surface area contributed by atoms with E-state index in [4.69, 9.17) is 0 Å². The van der Waals surface area contributed by atoms with Gasteiger partial charge < -0.3 is 0 Å². The zero-order valence-electron chi connectivity index (χ0n) is 12.3. The van der Waals surface area contributed by atoms with Gasteiger partial charge in [0.15, 0.2) is 0 Å². The largest absolute Gasteiger partial charge is 0.214 e. The molecule has 0 fully saturated rings. The molecule has 6 heteroatoms. The second kappa shape index (κ2) is 7.57. The first kappa shape index (κ1) is 16.0. The number of nitrogens with zero attached hydrogens (tertiary/aromatic N) is 4. The Morgan fingerprint density at radius 1 is 1.13 bits per heavy atom. The van der Waals surface area contributed by atoms with Crippen LogP contribution in [0.5, 0.6) is 0 Å². The van der Waals surface area contributed by atoms with Gasteiger partial charge in [-0.2, -0.15) is 4.68 Å². The van der Waals surface area contributed by atoms with E-state index in [1.807, 2.05) is 48.5 Å². The number of thioether (sulfide) groups is 1. The first-order valence-electron chi connectivity index (χ1n) is 7.15. The third-order valence-corrected chi connectivity index (χ3v) is 5.06. The van der Waals surface area contributed by atoms with Crippen molar-refractivity contribution in [1.29, 1.82) is 0 Å². The lowest BCUT2D eigenvalue weighted by atomic mass is 10.1. The highest BCUT2D eigenvalue weighted by molar-refractivity contribution is 9.10. The van der Waals surface area contributed by atoms with E-state index in [9.17, 15) is 0 Å². The molecule has 116 valence electrons. The molecule has 0 spiro atoms. The lowest BCUT2D eigenvalue weighted by Gasteiger charge is -2.14. The number of benzene rings is 2. The molecule has 0 saturated heterocycles. The van der Waals surface area contributed by atoms with Crippen molar-refractivity contribution in [3.05, 3.63) is 77.3 Å². The molecule has 0 saturated carbocycles. The van der Waals surface area contributed by atoms with Gasteiger partial charge in [0.2, 0.25) is 5.16 Å². The number of hydrogen-bond donors (Lipinski definition) is 0. The maximum atomic E-state index is 4.18. The van der Waals surface area contributed by atoms with E-state index < -0.39 is 0 Å². The fourth-order valence-electron chi connectivity index (χ4n) is 2.20. The molecule has 1 atom stereocenters. The fourth-order valence-corrected chi connectivity index (χ4v) is 3.57. The third-order valence-electron chi connectivity index (χ3n) is 3.31. The van der Waals surface area contributed by atoms with Gasteiger partial charge in [-0.25, -0.2) is 0 Å². The summed E-state index contributed by atoms with van der Waals surface area (Å²) in [6.07, 6.45) is 2.78. The Balaban J connectivity index is 1.88. The second-order valence-electron chi connectivity index (χ2n) is 4.89. The molecule has 4 nitrogen and oxygen atoms in total. The van der Waals surface area contributed by atoms with Crippen molar-refractivity contribution in [2.24, 2.45) is 0 Å². The number of aromatic nitrogens is 4. The summed E-state index contributed by atoms with van der Waals surface area (Å²) < 4.78 is 2.79. The van der Waals surface area contributed by atoms with Crippen LogP contribution in [0.1, 0.15) is 17.2 Å². The van der Waals surface area contributed by atoms with Gasteiger partial charge in [0.05, 0.1) is 5.69 Å². The fraction of sp³-hybridized carbons (Fsp3) is 0.118. The standard InChI is InChI=1S/C17H15BrN4S/c1-2-6-16(13-7-4-3-5-8-13)23-17-19-20-21-22(17)15-11-9-14(18)10-12-15/h2-5,7-12,16H,1,6H2. The number of hydrogen-bond acceptors (Lipinski definition) is 4. The molecule has 0 amide bonds. The van der Waals surface area contributed by atoms with E-state index in [1.165, 1.54) is 5.56 Å². The molecular weight excluding hydrogens is 372 g/mol. The topological polar surface area (TPSA) is 43.6 Å². The minimum absolute atomic E-state index is 0.230. The molecule has 0 aliphatic rings. The summed E-state index contributed by atoms with van der Waals surface area (Å²) in [5, 5.41) is 13.1. The normalized spacial score (nSPS) is 12.0. The van der Waals surface area contributed by atoms with Crippen molar-refractivity contribution in [1.82, 2.24) is 20.2 Å². The van der Waals surface area contributed by atoms with Crippen LogP contribution in [0.4, 0.5) is 0 Å². The first-order chi connectivity index (χ1) is 11.3. The van der Waals surface area contributed by atoms with E-state index >= 15 is 0 Å². The molecule has 3 aromatic rings. The molecule has 1 aromatic heterocycles. The highest BCUT2D eigenvalue weighted by atomic mass is 79.9. The van der Waals surface area contributed by atoms with Gasteiger partial charge in [-0.3, -0.25) is 0 Å². The first-order valence-corrected chi connectivity index (χ1v) is 8.82. The summed E-state index contributed by atoms with van der Waals surface area (Å²) in [6.45, 7) is 3.87. The quantitative estimate of drug-likeness (QED) is 0.449. The van der Waals surface area contributed by atoms with Crippen LogP contribution >= 0.6 is 27.7 Å². The van der Waals surface area contributed by atoms with Crippen molar-refractivity contribution < 1.29 is 0 Å². The summed E-state index contributed by atoms with van der Waals surface area (Å²) in [7, 11) is 0. The lowest BCUT2D eigenvalue weighted by molar-refractivity contribution is 0.754. The molecular formula is C17H15BrN4S. The summed E-state index contributed by atoms with van der Waals surface area (Å²) in [5.74, 6) is 0. The highest BCUT2D eigenvalue weighted by Gasteiger charge is 2.17. The highest BCUT2D eigenvalue weighted by Crippen LogP contribution is 2.37. The van der Waals surface area contributed by atoms with Crippen LogP contribution in [0.15, 0.2) is 76.9 Å². The molecule has 1 unspecified atom stereocenters. The van der Waals surface area contributed by atoms with Gasteiger partial charge in [-0.1, -0.05) is 64.1 Å². The SMILES string of the molecule is C=CCC(Sc1nnnn1-c1ccc(Br)cc1)c1ccccc1. The van der Waals surface area contributed by atoms with Gasteiger partial charge in [-0.15, -0.1) is 11.7 Å². The molecule has 0 radical (unpaired) electrons. The molecule has 0 aliphatic carbocycles. The lowest BCUT2D eigenvalue weighted by Crippen LogP contribution is -2.01. The van der Waals surface area contributed by atoms with Crippen molar-refractivity contribution in [2.45, 2.75) is 16.8 Å². The molecule has 1 heterocycles. The molecule has 23 heavy (non-hydrogen) atoms. The monoisotopic (exact) mass is 386 g/mol. The van der Waals surface area contributed by atoms with Gasteiger partial charge in [-0.05, 0) is 46.7 Å². The molecule has 0 aliphatic heterocycles. The Kier molecular flexibility index (Phi) is 5.25. The Morgan fingerprint density at radius 3 is 2.57 bits per heavy atom. The van der Waals surface area contributed by atoms with Crippen LogP contribution in [0, 0.1) is 0 Å². The number of halogens is 1. The Bertz CT molecular complexity index is 771. The van der Waals surface area contributed by atoms with Crippen molar-refractivity contribution in [3.63, 3.8) is 0 Å². The summed E-state index contributed by atoms with van der Waals surface area (Å²) in [4.78, 5) is 0. The summed E-state index contributed by atoms with van der Waals surface area (Å²) in [5.41, 5.74) is 2.17. The predicted octanol–water partition coefficient (Wildman–Crippen LogP) is 4.83. The van der Waals surface area contributed by atoms with Crippen LogP contribution in [0.3, 0.4) is 0 Å². The summed E-state index contributed by atoms with van der Waals surface area (Å²) >= 11 is 5.08. The zero-order chi connectivity index (χ0) is 16.1. The van der Waals surface area contributed by atoms with Crippen LogP contribution in [-0.4, -0.2) is 20.2 Å². The zero-order valence-corrected chi connectivity index (χ0v) is 14.7. The van der Waals surface area contributed by atoms with E-state index in [1.54, 1.807) is 16.4 Å². The summed E-state index contributed by atoms with van der Waals surface area (Å²) in [6, 6.07) is 18.3. The van der Waals surface area contributed by atoms with Crippen molar-refractivity contribution in [2.75, 3.05) is 0 Å². The van der Waals surface area contributed by atoms with Gasteiger partial charge >= 0.3 is 0 Å².